The third-order valence-electron chi connectivity index (χ3n) is 5.98. The lowest BCUT2D eigenvalue weighted by molar-refractivity contribution is 0.243. The quantitative estimate of drug-likeness (QED) is 0.374. The lowest BCUT2D eigenvalue weighted by Gasteiger charge is -2.31. The molecule has 32 heavy (non-hydrogen) atoms. The summed E-state index contributed by atoms with van der Waals surface area (Å²) in [6.45, 7) is 4.83. The van der Waals surface area contributed by atoms with Crippen LogP contribution in [0, 0.1) is 11.8 Å². The van der Waals surface area contributed by atoms with E-state index in [-0.39, 0.29) is 5.63 Å². The van der Waals surface area contributed by atoms with Gasteiger partial charge in [-0.2, -0.15) is 0 Å². The van der Waals surface area contributed by atoms with Gasteiger partial charge in [0, 0.05) is 43.2 Å². The van der Waals surface area contributed by atoms with Crippen molar-refractivity contribution in [3.8, 4) is 11.8 Å². The summed E-state index contributed by atoms with van der Waals surface area (Å²) in [6.07, 6.45) is 2.98. The number of aliphatic imine (C=N–C) groups is 1. The molecule has 0 atom stereocenters. The van der Waals surface area contributed by atoms with E-state index in [1.54, 1.807) is 6.07 Å². The summed E-state index contributed by atoms with van der Waals surface area (Å²) in [5, 5.41) is 4.50. The van der Waals surface area contributed by atoms with Crippen LogP contribution in [0.25, 0.3) is 11.0 Å². The molecule has 1 aliphatic heterocycles. The van der Waals surface area contributed by atoms with Crippen LogP contribution in [-0.4, -0.2) is 43.3 Å². The van der Waals surface area contributed by atoms with E-state index in [1.165, 1.54) is 5.56 Å². The van der Waals surface area contributed by atoms with E-state index in [9.17, 15) is 4.79 Å². The molecule has 0 bridgehead atoms. The Balaban J connectivity index is 1.35. The number of rotatable bonds is 5. The van der Waals surface area contributed by atoms with Crippen LogP contribution in [-0.2, 0) is 6.42 Å². The van der Waals surface area contributed by atoms with Crippen LogP contribution in [0.1, 0.15) is 30.9 Å². The molecule has 1 fully saturated rings. The van der Waals surface area contributed by atoms with Crippen LogP contribution in [0.5, 0.6) is 0 Å². The minimum atomic E-state index is -0.322. The van der Waals surface area contributed by atoms with Gasteiger partial charge in [0.05, 0.1) is 12.2 Å². The van der Waals surface area contributed by atoms with E-state index in [1.807, 2.05) is 37.4 Å². The van der Waals surface area contributed by atoms with Gasteiger partial charge in [-0.3, -0.25) is 9.89 Å². The highest BCUT2D eigenvalue weighted by molar-refractivity contribution is 6.13. The van der Waals surface area contributed by atoms with E-state index in [0.717, 1.165) is 61.2 Å². The third kappa shape index (κ3) is 5.09. The Bertz CT molecular complexity index is 1220. The van der Waals surface area contributed by atoms with Gasteiger partial charge in [-0.15, -0.1) is 0 Å². The van der Waals surface area contributed by atoms with E-state index in [4.69, 9.17) is 4.42 Å². The normalized spacial score (nSPS) is 15.4. The average Bonchev–Trinajstić information content (AvgIpc) is 2.83. The second-order valence-corrected chi connectivity index (χ2v) is 8.05. The van der Waals surface area contributed by atoms with Crippen LogP contribution in [0.3, 0.4) is 0 Å². The molecule has 5 heteroatoms. The van der Waals surface area contributed by atoms with Crippen molar-refractivity contribution in [1.82, 2.24) is 4.90 Å². The number of hydrogen-bond acceptors (Lipinski definition) is 5. The number of benzene rings is 2. The number of para-hydroxylation sites is 1. The maximum atomic E-state index is 11.9. The fourth-order valence-corrected chi connectivity index (χ4v) is 4.22. The summed E-state index contributed by atoms with van der Waals surface area (Å²) in [7, 11) is 1.81. The Morgan fingerprint density at radius 1 is 1.16 bits per heavy atom. The smallest absolute Gasteiger partial charge is 0.338 e. The Kier molecular flexibility index (Phi) is 7.03. The van der Waals surface area contributed by atoms with Crippen molar-refractivity contribution >= 4 is 22.4 Å². The predicted octanol–water partition coefficient (Wildman–Crippen LogP) is 4.35. The minimum absolute atomic E-state index is 0.322. The van der Waals surface area contributed by atoms with Crippen molar-refractivity contribution in [3.05, 3.63) is 76.1 Å². The van der Waals surface area contributed by atoms with Crippen LogP contribution in [0.2, 0.25) is 0 Å². The monoisotopic (exact) mass is 427 g/mol. The molecule has 1 N–H and O–H groups in total. The van der Waals surface area contributed by atoms with Gasteiger partial charge < -0.3 is 9.73 Å². The van der Waals surface area contributed by atoms with Gasteiger partial charge >= 0.3 is 5.63 Å². The first-order valence-corrected chi connectivity index (χ1v) is 11.2. The molecule has 3 aromatic rings. The van der Waals surface area contributed by atoms with Crippen molar-refractivity contribution in [2.75, 3.05) is 32.0 Å². The van der Waals surface area contributed by atoms with Crippen molar-refractivity contribution in [2.24, 2.45) is 4.99 Å². The van der Waals surface area contributed by atoms with Gasteiger partial charge in [-0.25, -0.2) is 4.79 Å². The Labute approximate surface area is 189 Å². The Hall–Kier alpha value is -3.36. The second kappa shape index (κ2) is 10.3. The van der Waals surface area contributed by atoms with Crippen molar-refractivity contribution in [3.63, 3.8) is 0 Å². The van der Waals surface area contributed by atoms with E-state index < -0.39 is 0 Å². The number of aryl methyl sites for hydroxylation is 1. The molecule has 0 aliphatic carbocycles. The largest absolute Gasteiger partial charge is 0.423 e. The summed E-state index contributed by atoms with van der Waals surface area (Å²) >= 11 is 0. The molecule has 5 nitrogen and oxygen atoms in total. The molecule has 1 aliphatic rings. The number of nitrogens with zero attached hydrogens (tertiary/aromatic N) is 2. The minimum Gasteiger partial charge on any atom is -0.423 e. The van der Waals surface area contributed by atoms with Crippen LogP contribution >= 0.6 is 0 Å². The number of likely N-dealkylation sites (tertiary alicyclic amines) is 1. The molecule has 2 aromatic carbocycles. The topological polar surface area (TPSA) is 57.8 Å². The third-order valence-corrected chi connectivity index (χ3v) is 5.98. The molecule has 1 saturated heterocycles. The number of hydrogen-bond donors (Lipinski definition) is 1. The molecule has 0 spiro atoms. The maximum Gasteiger partial charge on any atom is 0.338 e. The summed E-state index contributed by atoms with van der Waals surface area (Å²) in [6, 6.07) is 17.9. The van der Waals surface area contributed by atoms with E-state index >= 15 is 0 Å². The lowest BCUT2D eigenvalue weighted by Crippen LogP contribution is -2.39. The lowest BCUT2D eigenvalue weighted by atomic mass is 10.0. The molecular weight excluding hydrogens is 398 g/mol. The number of fused-ring (bicyclic) bond motifs is 1. The molecule has 0 radical (unpaired) electrons. The molecule has 0 unspecified atom stereocenters. The summed E-state index contributed by atoms with van der Waals surface area (Å²) in [4.78, 5) is 18.7. The molecular formula is C27H29N3O2. The van der Waals surface area contributed by atoms with Gasteiger partial charge in [0.25, 0.3) is 0 Å². The van der Waals surface area contributed by atoms with E-state index in [0.29, 0.717) is 11.6 Å². The van der Waals surface area contributed by atoms with Crippen molar-refractivity contribution in [2.45, 2.75) is 32.2 Å². The molecule has 1 aromatic heterocycles. The first-order chi connectivity index (χ1) is 15.7. The summed E-state index contributed by atoms with van der Waals surface area (Å²) in [5.41, 5.74) is 4.41. The summed E-state index contributed by atoms with van der Waals surface area (Å²) < 4.78 is 5.30. The van der Waals surface area contributed by atoms with Crippen LogP contribution in [0.4, 0.5) is 5.69 Å². The van der Waals surface area contributed by atoms with Gasteiger partial charge in [0.15, 0.2) is 0 Å². The highest BCUT2D eigenvalue weighted by Gasteiger charge is 2.19. The Morgan fingerprint density at radius 3 is 2.69 bits per heavy atom. The SMILES string of the molecule is CCc1ccccc1C(C#CCN1CCC(Nc2cc(=O)oc3ccccc23)CC1)=NC. The van der Waals surface area contributed by atoms with Gasteiger partial charge in [-0.05, 0) is 42.9 Å². The number of anilines is 1. The fourth-order valence-electron chi connectivity index (χ4n) is 4.22. The Morgan fingerprint density at radius 2 is 1.91 bits per heavy atom. The maximum absolute atomic E-state index is 11.9. The molecule has 164 valence electrons. The van der Waals surface area contributed by atoms with Gasteiger partial charge in [0.2, 0.25) is 0 Å². The van der Waals surface area contributed by atoms with Crippen LogP contribution in [0.15, 0.2) is 68.8 Å². The average molecular weight is 428 g/mol. The predicted molar refractivity (Wildman–Crippen MR) is 132 cm³/mol. The molecule has 0 amide bonds. The van der Waals surface area contributed by atoms with Gasteiger partial charge in [0.1, 0.15) is 11.3 Å². The van der Waals surface area contributed by atoms with Crippen LogP contribution < -0.4 is 10.9 Å². The molecule has 4 rings (SSSR count). The highest BCUT2D eigenvalue weighted by Crippen LogP contribution is 2.24. The fraction of sp³-hybridized carbons (Fsp3) is 0.333. The number of piperidine rings is 1. The van der Waals surface area contributed by atoms with Crippen molar-refractivity contribution < 1.29 is 4.42 Å². The van der Waals surface area contributed by atoms with Crippen molar-refractivity contribution in [1.29, 1.82) is 0 Å². The molecule has 2 heterocycles. The zero-order chi connectivity index (χ0) is 22.3. The summed E-state index contributed by atoms with van der Waals surface area (Å²) in [5.74, 6) is 6.61. The second-order valence-electron chi connectivity index (χ2n) is 8.05. The number of nitrogens with one attached hydrogen (secondary N) is 1. The first kappa shape index (κ1) is 21.9. The standard InChI is InChI=1S/C27H29N3O2/c1-3-20-9-4-5-10-22(20)24(28-2)12-8-16-30-17-14-21(15-18-30)29-25-19-27(31)32-26-13-7-6-11-23(25)26/h4-7,9-11,13,19,21,29H,3,14-18H2,1-2H3. The zero-order valence-electron chi connectivity index (χ0n) is 18.7. The van der Waals surface area contributed by atoms with E-state index in [2.05, 4.69) is 52.2 Å². The van der Waals surface area contributed by atoms with Gasteiger partial charge in [-0.1, -0.05) is 49.2 Å². The first-order valence-electron chi connectivity index (χ1n) is 11.2. The zero-order valence-corrected chi connectivity index (χ0v) is 18.7. The molecule has 0 saturated carbocycles. The highest BCUT2D eigenvalue weighted by atomic mass is 16.4.